The molecule has 0 radical (unpaired) electrons. The molecule has 0 bridgehead atoms. The highest BCUT2D eigenvalue weighted by molar-refractivity contribution is 5.87. The Kier molecular flexibility index (Phi) is 15.3. The number of hydrogen-bond acceptors (Lipinski definition) is 8. The summed E-state index contributed by atoms with van der Waals surface area (Å²) in [5.41, 5.74) is -0.847. The van der Waals surface area contributed by atoms with E-state index in [1.807, 2.05) is 13.8 Å². The van der Waals surface area contributed by atoms with Crippen LogP contribution in [0.4, 0.5) is 4.79 Å². The average molecular weight is 489 g/mol. The number of urea groups is 1. The normalized spacial score (nSPS) is 12.7. The van der Waals surface area contributed by atoms with Gasteiger partial charge in [-0.05, 0) is 46.5 Å². The Hall–Kier alpha value is -2.85. The van der Waals surface area contributed by atoms with Gasteiger partial charge in [-0.2, -0.15) is 0 Å². The van der Waals surface area contributed by atoms with Crippen LogP contribution in [-0.2, 0) is 33.4 Å². The maximum Gasteiger partial charge on any atom is 0.329 e. The summed E-state index contributed by atoms with van der Waals surface area (Å²) in [5.74, 6) is -3.17. The van der Waals surface area contributed by atoms with Crippen molar-refractivity contribution in [3.8, 4) is 0 Å². The number of ether oxygens (including phenoxy) is 3. The van der Waals surface area contributed by atoms with Crippen molar-refractivity contribution in [1.29, 1.82) is 0 Å². The van der Waals surface area contributed by atoms with E-state index in [-0.39, 0.29) is 38.9 Å². The maximum atomic E-state index is 12.6. The van der Waals surface area contributed by atoms with Crippen LogP contribution in [0.1, 0.15) is 86.0 Å². The van der Waals surface area contributed by atoms with Crippen LogP contribution in [0.25, 0.3) is 0 Å². The summed E-state index contributed by atoms with van der Waals surface area (Å²) in [4.78, 5) is 60.3. The number of carboxylic acids is 1. The van der Waals surface area contributed by atoms with Crippen molar-refractivity contribution in [1.82, 2.24) is 10.6 Å². The molecule has 0 aliphatic carbocycles. The maximum absolute atomic E-state index is 12.6. The first-order valence-electron chi connectivity index (χ1n) is 11.7. The van der Waals surface area contributed by atoms with Gasteiger partial charge >= 0.3 is 29.9 Å². The molecule has 0 aromatic rings. The molecule has 0 aliphatic rings. The molecule has 2 amide bonds. The van der Waals surface area contributed by atoms with Crippen LogP contribution in [0.3, 0.4) is 0 Å². The number of aliphatic carboxylic acids is 1. The van der Waals surface area contributed by atoms with Gasteiger partial charge in [0.25, 0.3) is 0 Å². The fourth-order valence-corrected chi connectivity index (χ4v) is 2.58. The molecule has 0 aliphatic heterocycles. The first-order valence-corrected chi connectivity index (χ1v) is 11.7. The number of esters is 3. The molecule has 34 heavy (non-hydrogen) atoms. The second-order valence-electron chi connectivity index (χ2n) is 8.82. The molecule has 0 saturated heterocycles. The highest BCUT2D eigenvalue weighted by atomic mass is 16.6. The smallest absolute Gasteiger partial charge is 0.329 e. The predicted molar refractivity (Wildman–Crippen MR) is 123 cm³/mol. The third-order valence-corrected chi connectivity index (χ3v) is 4.37. The van der Waals surface area contributed by atoms with Crippen molar-refractivity contribution in [2.75, 3.05) is 13.2 Å². The minimum atomic E-state index is -1.24. The van der Waals surface area contributed by atoms with Gasteiger partial charge in [0.1, 0.15) is 17.7 Å². The lowest BCUT2D eigenvalue weighted by Crippen LogP contribution is -2.52. The SMILES string of the molecule is CCCCOC(=O)CC[C@H](NC(=O)N[C@@H](CCC(=O)O)C(=O)OC(C)(C)C)C(=O)OCCCC. The molecular weight excluding hydrogens is 448 g/mol. The highest BCUT2D eigenvalue weighted by Crippen LogP contribution is 2.11. The third-order valence-electron chi connectivity index (χ3n) is 4.37. The average Bonchev–Trinajstić information content (AvgIpc) is 2.72. The number of carbonyl (C=O) groups excluding carboxylic acids is 4. The second-order valence-corrected chi connectivity index (χ2v) is 8.82. The lowest BCUT2D eigenvalue weighted by atomic mass is 10.1. The number of carboxylic acid groups (broad SMARTS) is 1. The van der Waals surface area contributed by atoms with E-state index < -0.39 is 47.6 Å². The third kappa shape index (κ3) is 15.9. The van der Waals surface area contributed by atoms with Gasteiger partial charge in [-0.3, -0.25) is 9.59 Å². The van der Waals surface area contributed by atoms with Gasteiger partial charge in [-0.15, -0.1) is 0 Å². The first kappa shape index (κ1) is 31.1. The molecule has 11 nitrogen and oxygen atoms in total. The summed E-state index contributed by atoms with van der Waals surface area (Å²) in [7, 11) is 0. The molecule has 0 rings (SSSR count). The number of hydrogen-bond donors (Lipinski definition) is 3. The Balaban J connectivity index is 5.20. The molecule has 11 heteroatoms. The van der Waals surface area contributed by atoms with Gasteiger partial charge < -0.3 is 30.0 Å². The van der Waals surface area contributed by atoms with Gasteiger partial charge in [0, 0.05) is 12.8 Å². The lowest BCUT2D eigenvalue weighted by Gasteiger charge is -2.25. The van der Waals surface area contributed by atoms with Crippen LogP contribution >= 0.6 is 0 Å². The summed E-state index contributed by atoms with van der Waals surface area (Å²) in [5, 5.41) is 13.7. The predicted octanol–water partition coefficient (Wildman–Crippen LogP) is 2.70. The van der Waals surface area contributed by atoms with Gasteiger partial charge in [0.05, 0.1) is 13.2 Å². The van der Waals surface area contributed by atoms with E-state index in [1.165, 1.54) is 0 Å². The van der Waals surface area contributed by atoms with E-state index in [2.05, 4.69) is 10.6 Å². The highest BCUT2D eigenvalue weighted by Gasteiger charge is 2.29. The Morgan fingerprint density at radius 3 is 1.79 bits per heavy atom. The Morgan fingerprint density at radius 2 is 1.29 bits per heavy atom. The summed E-state index contributed by atoms with van der Waals surface area (Å²) in [6, 6.07) is -3.29. The molecule has 0 spiro atoms. The summed E-state index contributed by atoms with van der Waals surface area (Å²) in [6.45, 7) is 9.24. The summed E-state index contributed by atoms with van der Waals surface area (Å²) < 4.78 is 15.5. The minimum absolute atomic E-state index is 0.0600. The number of nitrogens with one attached hydrogen (secondary N) is 2. The van der Waals surface area contributed by atoms with E-state index in [4.69, 9.17) is 19.3 Å². The molecule has 0 unspecified atom stereocenters. The largest absolute Gasteiger partial charge is 0.481 e. The number of unbranched alkanes of at least 4 members (excludes halogenated alkanes) is 2. The number of carbonyl (C=O) groups is 5. The minimum Gasteiger partial charge on any atom is -0.481 e. The molecule has 196 valence electrons. The van der Waals surface area contributed by atoms with E-state index in [0.29, 0.717) is 6.42 Å². The lowest BCUT2D eigenvalue weighted by molar-refractivity contribution is -0.157. The van der Waals surface area contributed by atoms with Crippen LogP contribution in [-0.4, -0.2) is 65.9 Å². The molecule has 0 aromatic carbocycles. The Morgan fingerprint density at radius 1 is 0.794 bits per heavy atom. The van der Waals surface area contributed by atoms with Gasteiger partial charge in [-0.1, -0.05) is 26.7 Å². The van der Waals surface area contributed by atoms with Crippen molar-refractivity contribution in [2.45, 2.75) is 104 Å². The van der Waals surface area contributed by atoms with E-state index >= 15 is 0 Å². The van der Waals surface area contributed by atoms with Gasteiger partial charge in [0.15, 0.2) is 0 Å². The Labute approximate surface area is 201 Å². The Bertz CT molecular complexity index is 674. The van der Waals surface area contributed by atoms with E-state index in [1.54, 1.807) is 20.8 Å². The summed E-state index contributed by atoms with van der Waals surface area (Å²) in [6.07, 6.45) is 2.26. The number of amides is 2. The zero-order valence-corrected chi connectivity index (χ0v) is 20.9. The fourth-order valence-electron chi connectivity index (χ4n) is 2.58. The molecule has 0 fully saturated rings. The molecule has 3 N–H and O–H groups in total. The molecule has 0 saturated carbocycles. The second kappa shape index (κ2) is 16.7. The van der Waals surface area contributed by atoms with Crippen LogP contribution in [0.2, 0.25) is 0 Å². The van der Waals surface area contributed by atoms with Crippen LogP contribution in [0.5, 0.6) is 0 Å². The van der Waals surface area contributed by atoms with Gasteiger partial charge in [-0.25, -0.2) is 14.4 Å². The van der Waals surface area contributed by atoms with Crippen molar-refractivity contribution in [2.24, 2.45) is 0 Å². The van der Waals surface area contributed by atoms with Crippen molar-refractivity contribution in [3.05, 3.63) is 0 Å². The van der Waals surface area contributed by atoms with E-state index in [0.717, 1.165) is 19.3 Å². The van der Waals surface area contributed by atoms with Crippen LogP contribution in [0.15, 0.2) is 0 Å². The zero-order chi connectivity index (χ0) is 26.1. The molecular formula is C23H40N2O9. The quantitative estimate of drug-likeness (QED) is 0.169. The van der Waals surface area contributed by atoms with Crippen molar-refractivity contribution < 1.29 is 43.3 Å². The van der Waals surface area contributed by atoms with Gasteiger partial charge in [0.2, 0.25) is 0 Å². The van der Waals surface area contributed by atoms with Crippen LogP contribution in [0, 0.1) is 0 Å². The molecule has 2 atom stereocenters. The van der Waals surface area contributed by atoms with Crippen molar-refractivity contribution >= 4 is 29.9 Å². The standard InChI is InChI=1S/C23H40N2O9/c1-6-8-14-32-19(28)13-11-16(20(29)33-15-9-7-2)24-22(31)25-17(10-12-18(26)27)21(30)34-23(3,4)5/h16-17H,6-15H2,1-5H3,(H,26,27)(H2,24,25,31)/t16-,17-/m0/s1. The number of rotatable bonds is 16. The van der Waals surface area contributed by atoms with Crippen molar-refractivity contribution in [3.63, 3.8) is 0 Å². The molecule has 0 heterocycles. The first-order chi connectivity index (χ1) is 15.9. The van der Waals surface area contributed by atoms with E-state index in [9.17, 15) is 24.0 Å². The van der Waals surface area contributed by atoms with Crippen LogP contribution < -0.4 is 10.6 Å². The summed E-state index contributed by atoms with van der Waals surface area (Å²) >= 11 is 0. The molecule has 0 aromatic heterocycles. The fraction of sp³-hybridized carbons (Fsp3) is 0.783. The zero-order valence-electron chi connectivity index (χ0n) is 20.9. The monoisotopic (exact) mass is 488 g/mol. The topological polar surface area (TPSA) is 157 Å².